The molecule has 4 nitrogen and oxygen atoms in total. The molecule has 1 amide bonds. The second-order valence-corrected chi connectivity index (χ2v) is 2.47. The molecule has 1 aliphatic heterocycles. The third-order valence-electron chi connectivity index (χ3n) is 1.44. The highest BCUT2D eigenvalue weighted by molar-refractivity contribution is 5.93. The summed E-state index contributed by atoms with van der Waals surface area (Å²) in [5.41, 5.74) is 0. The Morgan fingerprint density at radius 2 is 2.50 bits per heavy atom. The van der Waals surface area contributed by atoms with Crippen molar-refractivity contribution in [3.8, 4) is 0 Å². The molecule has 0 radical (unpaired) electrons. The van der Waals surface area contributed by atoms with Crippen molar-refractivity contribution in [2.45, 2.75) is 25.4 Å². The minimum Gasteiger partial charge on any atom is -0.270 e. The normalized spacial score (nSPS) is 24.4. The van der Waals surface area contributed by atoms with E-state index in [4.69, 9.17) is 4.84 Å². The van der Waals surface area contributed by atoms with E-state index in [0.29, 0.717) is 6.42 Å². The van der Waals surface area contributed by atoms with Crippen LogP contribution < -0.4 is 0 Å². The van der Waals surface area contributed by atoms with Crippen molar-refractivity contribution in [2.75, 3.05) is 0 Å². The van der Waals surface area contributed by atoms with E-state index in [2.05, 4.69) is 5.10 Å². The van der Waals surface area contributed by atoms with E-state index in [0.717, 1.165) is 18.0 Å². The van der Waals surface area contributed by atoms with Gasteiger partial charge in [0.2, 0.25) is 0 Å². The Morgan fingerprint density at radius 1 is 1.70 bits per heavy atom. The lowest BCUT2D eigenvalue weighted by Gasteiger charge is -2.09. The summed E-state index contributed by atoms with van der Waals surface area (Å²) < 4.78 is 0. The smallest absolute Gasteiger partial charge is 0.270 e. The van der Waals surface area contributed by atoms with Gasteiger partial charge in [0.25, 0.3) is 5.91 Å². The van der Waals surface area contributed by atoms with Crippen molar-refractivity contribution in [2.24, 2.45) is 5.10 Å². The molecule has 0 unspecified atom stereocenters. The highest BCUT2D eigenvalue weighted by atomic mass is 16.7. The highest BCUT2D eigenvalue weighted by Gasteiger charge is 2.29. The van der Waals surface area contributed by atoms with Gasteiger partial charge in [-0.05, 0) is 12.8 Å². The Hall–Kier alpha value is -0.900. The molecule has 1 fully saturated rings. The largest absolute Gasteiger partial charge is 0.274 e. The van der Waals surface area contributed by atoms with Gasteiger partial charge in [0.1, 0.15) is 0 Å². The first-order chi connectivity index (χ1) is 4.86. The Kier molecular flexibility index (Phi) is 1.20. The van der Waals surface area contributed by atoms with Gasteiger partial charge in [-0.25, -0.2) is 4.84 Å². The zero-order valence-corrected chi connectivity index (χ0v) is 5.49. The molecule has 0 spiro atoms. The second kappa shape index (κ2) is 2.05. The van der Waals surface area contributed by atoms with Gasteiger partial charge in [0, 0.05) is 6.21 Å². The summed E-state index contributed by atoms with van der Waals surface area (Å²) in [5.74, 6) is -0.0631. The standard InChI is InChI=1S/C6H8N2O2/c9-6-3-4-7-8(6)10-5-1-2-5/h4-5H,1-3H2. The van der Waals surface area contributed by atoms with E-state index in [1.807, 2.05) is 0 Å². The van der Waals surface area contributed by atoms with Crippen LogP contribution in [-0.2, 0) is 9.63 Å². The van der Waals surface area contributed by atoms with Crippen molar-refractivity contribution >= 4 is 12.1 Å². The molecule has 2 aliphatic rings. The molecule has 0 atom stereocenters. The van der Waals surface area contributed by atoms with Crippen LogP contribution in [0, 0.1) is 0 Å². The number of carbonyl (C=O) groups excluding carboxylic acids is 1. The first-order valence-electron chi connectivity index (χ1n) is 3.38. The molecule has 0 saturated heterocycles. The van der Waals surface area contributed by atoms with Crippen LogP contribution in [0.25, 0.3) is 0 Å². The molecule has 1 saturated carbocycles. The van der Waals surface area contributed by atoms with E-state index < -0.39 is 0 Å². The van der Waals surface area contributed by atoms with Gasteiger partial charge in [-0.2, -0.15) is 5.10 Å². The molecule has 1 heterocycles. The average molecular weight is 140 g/mol. The van der Waals surface area contributed by atoms with E-state index in [1.165, 1.54) is 0 Å². The summed E-state index contributed by atoms with van der Waals surface area (Å²) in [6.07, 6.45) is 4.30. The Balaban J connectivity index is 1.90. The topological polar surface area (TPSA) is 41.9 Å². The fourth-order valence-electron chi connectivity index (χ4n) is 0.736. The molecule has 1 aliphatic carbocycles. The molecule has 2 rings (SSSR count). The van der Waals surface area contributed by atoms with Crippen LogP contribution in [0.5, 0.6) is 0 Å². The lowest BCUT2D eigenvalue weighted by atomic mass is 10.5. The fourth-order valence-corrected chi connectivity index (χ4v) is 0.736. The molecule has 10 heavy (non-hydrogen) atoms. The number of hydrazone groups is 1. The highest BCUT2D eigenvalue weighted by Crippen LogP contribution is 2.25. The molecule has 0 aromatic heterocycles. The van der Waals surface area contributed by atoms with Crippen molar-refractivity contribution in [1.29, 1.82) is 0 Å². The van der Waals surface area contributed by atoms with Crippen LogP contribution in [0.2, 0.25) is 0 Å². The van der Waals surface area contributed by atoms with Crippen LogP contribution in [0.4, 0.5) is 0 Å². The van der Waals surface area contributed by atoms with Crippen LogP contribution in [0.15, 0.2) is 5.10 Å². The van der Waals surface area contributed by atoms with Gasteiger partial charge in [-0.1, -0.05) is 0 Å². The second-order valence-electron chi connectivity index (χ2n) is 2.47. The van der Waals surface area contributed by atoms with Gasteiger partial charge >= 0.3 is 0 Å². The number of rotatable bonds is 2. The minimum atomic E-state index is -0.0631. The Bertz CT molecular complexity index is 186. The van der Waals surface area contributed by atoms with Crippen LogP contribution in [0.3, 0.4) is 0 Å². The minimum absolute atomic E-state index is 0.0631. The third-order valence-corrected chi connectivity index (χ3v) is 1.44. The van der Waals surface area contributed by atoms with Gasteiger partial charge in [-0.3, -0.25) is 4.79 Å². The SMILES string of the molecule is O=C1CC=NN1OC1CC1. The van der Waals surface area contributed by atoms with Crippen molar-refractivity contribution in [3.05, 3.63) is 0 Å². The van der Waals surface area contributed by atoms with Gasteiger partial charge in [0.05, 0.1) is 12.5 Å². The third kappa shape index (κ3) is 1.02. The first kappa shape index (κ1) is 5.85. The number of nitrogens with zero attached hydrogens (tertiary/aromatic N) is 2. The van der Waals surface area contributed by atoms with Crippen LogP contribution in [-0.4, -0.2) is 23.4 Å². The predicted octanol–water partition coefficient (Wildman–Crippen LogP) is 0.298. The maximum atomic E-state index is 10.8. The quantitative estimate of drug-likeness (QED) is 0.553. The molecule has 0 N–H and O–H groups in total. The molecule has 4 heteroatoms. The Labute approximate surface area is 58.4 Å². The summed E-state index contributed by atoms with van der Waals surface area (Å²) in [6, 6.07) is 0. The summed E-state index contributed by atoms with van der Waals surface area (Å²) in [7, 11) is 0. The van der Waals surface area contributed by atoms with Crippen molar-refractivity contribution < 1.29 is 9.63 Å². The van der Waals surface area contributed by atoms with E-state index in [9.17, 15) is 4.79 Å². The predicted molar refractivity (Wildman–Crippen MR) is 34.1 cm³/mol. The summed E-state index contributed by atoms with van der Waals surface area (Å²) >= 11 is 0. The molecule has 54 valence electrons. The van der Waals surface area contributed by atoms with E-state index in [-0.39, 0.29) is 12.0 Å². The van der Waals surface area contributed by atoms with E-state index in [1.54, 1.807) is 6.21 Å². The fraction of sp³-hybridized carbons (Fsp3) is 0.667. The van der Waals surface area contributed by atoms with Crippen molar-refractivity contribution in [3.63, 3.8) is 0 Å². The van der Waals surface area contributed by atoms with Gasteiger partial charge in [-0.15, -0.1) is 5.17 Å². The molecular formula is C6H8N2O2. The monoisotopic (exact) mass is 140 g/mol. The zero-order chi connectivity index (χ0) is 6.97. The number of hydrogen-bond acceptors (Lipinski definition) is 3. The van der Waals surface area contributed by atoms with Crippen molar-refractivity contribution in [1.82, 2.24) is 5.17 Å². The molecule has 0 aromatic carbocycles. The number of hydroxylamine groups is 1. The first-order valence-corrected chi connectivity index (χ1v) is 3.38. The summed E-state index contributed by atoms with van der Waals surface area (Å²) in [6.45, 7) is 0. The lowest BCUT2D eigenvalue weighted by Crippen LogP contribution is -2.22. The number of amides is 1. The number of hydrogen-bond donors (Lipinski definition) is 0. The molecule has 0 aromatic rings. The maximum Gasteiger partial charge on any atom is 0.274 e. The molecular weight excluding hydrogens is 132 g/mol. The van der Waals surface area contributed by atoms with E-state index >= 15 is 0 Å². The maximum absolute atomic E-state index is 10.8. The Morgan fingerprint density at radius 3 is 3.00 bits per heavy atom. The van der Waals surface area contributed by atoms with Crippen LogP contribution in [0.1, 0.15) is 19.3 Å². The van der Waals surface area contributed by atoms with Crippen LogP contribution >= 0.6 is 0 Å². The summed E-state index contributed by atoms with van der Waals surface area (Å²) in [5, 5.41) is 4.83. The molecule has 0 bridgehead atoms. The lowest BCUT2D eigenvalue weighted by molar-refractivity contribution is -0.186. The zero-order valence-electron chi connectivity index (χ0n) is 5.49. The summed E-state index contributed by atoms with van der Waals surface area (Å²) in [4.78, 5) is 15.9. The average Bonchev–Trinajstić information content (AvgIpc) is 2.62. The van der Waals surface area contributed by atoms with Gasteiger partial charge < -0.3 is 0 Å². The number of carbonyl (C=O) groups is 1. The van der Waals surface area contributed by atoms with Gasteiger partial charge in [0.15, 0.2) is 0 Å².